The maximum Gasteiger partial charge on any atom is 0.238 e. The number of nitrogens with two attached hydrogens (primary N) is 1. The van der Waals surface area contributed by atoms with Crippen molar-refractivity contribution in [3.05, 3.63) is 65.7 Å². The Labute approximate surface area is 166 Å². The second-order valence-corrected chi connectivity index (χ2v) is 8.53. The van der Waals surface area contributed by atoms with E-state index in [1.54, 1.807) is 19.2 Å². The van der Waals surface area contributed by atoms with Crippen molar-refractivity contribution in [1.29, 1.82) is 0 Å². The number of rotatable bonds is 7. The van der Waals surface area contributed by atoms with Crippen LogP contribution in [0.5, 0.6) is 0 Å². The van der Waals surface area contributed by atoms with E-state index in [4.69, 9.17) is 5.14 Å². The van der Waals surface area contributed by atoms with Gasteiger partial charge in [-0.05, 0) is 33.7 Å². The molecule has 1 amide bonds. The zero-order valence-electron chi connectivity index (χ0n) is 14.9. The molecule has 11 heteroatoms. The number of aromatic nitrogens is 4. The summed E-state index contributed by atoms with van der Waals surface area (Å²) in [5, 5.41) is 19.2. The van der Waals surface area contributed by atoms with Crippen molar-refractivity contribution < 1.29 is 13.2 Å². The fourth-order valence-corrected chi connectivity index (χ4v) is 3.89. The molecule has 146 valence electrons. The molecule has 28 heavy (non-hydrogen) atoms. The maximum atomic E-state index is 12.9. The molecular formula is C17H18N6O3S2. The largest absolute Gasteiger partial charge is 0.351 e. The number of benzene rings is 2. The minimum absolute atomic E-state index is 0.0232. The zero-order chi connectivity index (χ0) is 20.1. The Balaban J connectivity index is 1.73. The molecule has 1 unspecified atom stereocenters. The predicted octanol–water partition coefficient (Wildman–Crippen LogP) is 1.01. The molecule has 1 aromatic heterocycles. The third-order valence-corrected chi connectivity index (χ3v) is 6.07. The first-order valence-electron chi connectivity index (χ1n) is 8.18. The van der Waals surface area contributed by atoms with Gasteiger partial charge in [-0.3, -0.25) is 4.79 Å². The van der Waals surface area contributed by atoms with Crippen LogP contribution >= 0.6 is 11.8 Å². The summed E-state index contributed by atoms with van der Waals surface area (Å²) in [6, 6.07) is 15.4. The van der Waals surface area contributed by atoms with Crippen LogP contribution in [-0.4, -0.2) is 34.5 Å². The van der Waals surface area contributed by atoms with Crippen molar-refractivity contribution in [2.45, 2.75) is 21.8 Å². The van der Waals surface area contributed by atoms with Gasteiger partial charge in [0, 0.05) is 13.6 Å². The van der Waals surface area contributed by atoms with Crippen molar-refractivity contribution in [3.63, 3.8) is 0 Å². The molecule has 0 spiro atoms. The Morgan fingerprint density at radius 2 is 1.86 bits per heavy atom. The van der Waals surface area contributed by atoms with E-state index in [0.717, 1.165) is 11.1 Å². The Hall–Kier alpha value is -2.76. The van der Waals surface area contributed by atoms with Crippen molar-refractivity contribution in [2.75, 3.05) is 0 Å². The average molecular weight is 419 g/mol. The monoisotopic (exact) mass is 418 g/mol. The van der Waals surface area contributed by atoms with Gasteiger partial charge in [-0.25, -0.2) is 18.2 Å². The number of tetrazole rings is 1. The molecule has 0 fully saturated rings. The number of nitrogens with one attached hydrogen (secondary N) is 1. The molecule has 9 nitrogen and oxygen atoms in total. The van der Waals surface area contributed by atoms with Crippen molar-refractivity contribution >= 4 is 27.7 Å². The highest BCUT2D eigenvalue weighted by molar-refractivity contribution is 8.00. The molecule has 3 aromatic rings. The smallest absolute Gasteiger partial charge is 0.238 e. The fraction of sp³-hybridized carbons (Fsp3) is 0.176. The molecule has 2 aromatic carbocycles. The van der Waals surface area contributed by atoms with Gasteiger partial charge in [-0.15, -0.1) is 5.10 Å². The molecule has 1 heterocycles. The average Bonchev–Trinajstić information content (AvgIpc) is 3.09. The van der Waals surface area contributed by atoms with E-state index >= 15 is 0 Å². The van der Waals surface area contributed by atoms with Crippen LogP contribution in [0.3, 0.4) is 0 Å². The number of nitrogens with zero attached hydrogens (tertiary/aromatic N) is 4. The number of hydrogen-bond acceptors (Lipinski definition) is 7. The van der Waals surface area contributed by atoms with Gasteiger partial charge in [0.25, 0.3) is 0 Å². The fourth-order valence-electron chi connectivity index (χ4n) is 2.41. The topological polar surface area (TPSA) is 133 Å². The SMILES string of the molecule is Cn1nnnc1SC(C(=O)NCc1ccc(S(N)(=O)=O)cc1)c1ccccc1. The molecule has 1 atom stereocenters. The lowest BCUT2D eigenvalue weighted by Crippen LogP contribution is -2.27. The molecule has 3 N–H and O–H groups in total. The molecule has 0 aliphatic rings. The van der Waals surface area contributed by atoms with Gasteiger partial charge in [-0.2, -0.15) is 0 Å². The number of amides is 1. The standard InChI is InChI=1S/C17H18N6O3S2/c1-23-17(20-21-22-23)27-15(13-5-3-2-4-6-13)16(24)19-11-12-7-9-14(10-8-12)28(18,25)26/h2-10,15H,11H2,1H3,(H,19,24)(H2,18,25,26). The third-order valence-electron chi connectivity index (χ3n) is 3.86. The van der Waals surface area contributed by atoms with Crippen LogP contribution in [-0.2, 0) is 28.4 Å². The molecule has 0 saturated carbocycles. The van der Waals surface area contributed by atoms with E-state index in [-0.39, 0.29) is 17.3 Å². The van der Waals surface area contributed by atoms with E-state index in [1.165, 1.54) is 28.6 Å². The number of carbonyl (C=O) groups is 1. The van der Waals surface area contributed by atoms with Crippen molar-refractivity contribution in [2.24, 2.45) is 12.2 Å². The maximum absolute atomic E-state index is 12.9. The molecule has 3 rings (SSSR count). The van der Waals surface area contributed by atoms with Gasteiger partial charge in [0.1, 0.15) is 5.25 Å². The first kappa shape index (κ1) is 20.0. The van der Waals surface area contributed by atoms with Crippen molar-refractivity contribution in [1.82, 2.24) is 25.5 Å². The quantitative estimate of drug-likeness (QED) is 0.547. The van der Waals surface area contributed by atoms with E-state index in [9.17, 15) is 13.2 Å². The Morgan fingerprint density at radius 3 is 2.43 bits per heavy atom. The summed E-state index contributed by atoms with van der Waals surface area (Å²) < 4.78 is 24.1. The summed E-state index contributed by atoms with van der Waals surface area (Å²) in [6.07, 6.45) is 0. The molecule has 0 saturated heterocycles. The lowest BCUT2D eigenvalue weighted by atomic mass is 10.1. The lowest BCUT2D eigenvalue weighted by molar-refractivity contribution is -0.120. The van der Waals surface area contributed by atoms with Gasteiger partial charge in [0.15, 0.2) is 0 Å². The van der Waals surface area contributed by atoms with Gasteiger partial charge in [0.05, 0.1) is 4.90 Å². The summed E-state index contributed by atoms with van der Waals surface area (Å²) in [5.41, 5.74) is 1.57. The highest BCUT2D eigenvalue weighted by atomic mass is 32.2. The first-order valence-corrected chi connectivity index (χ1v) is 10.6. The second-order valence-electron chi connectivity index (χ2n) is 5.90. The normalized spacial score (nSPS) is 12.5. The van der Waals surface area contributed by atoms with E-state index in [2.05, 4.69) is 20.8 Å². The number of hydrogen-bond donors (Lipinski definition) is 2. The Bertz CT molecular complexity index is 1050. The van der Waals surface area contributed by atoms with Crippen LogP contribution in [0.4, 0.5) is 0 Å². The van der Waals surface area contributed by atoms with Crippen LogP contribution in [0, 0.1) is 0 Å². The van der Waals surface area contributed by atoms with Crippen LogP contribution in [0.15, 0.2) is 64.6 Å². The summed E-state index contributed by atoms with van der Waals surface area (Å²) in [6.45, 7) is 0.241. The van der Waals surface area contributed by atoms with Gasteiger partial charge in [-0.1, -0.05) is 54.2 Å². The van der Waals surface area contributed by atoms with Crippen LogP contribution in [0.25, 0.3) is 0 Å². The minimum atomic E-state index is -3.75. The van der Waals surface area contributed by atoms with E-state index in [0.29, 0.717) is 5.16 Å². The highest BCUT2D eigenvalue weighted by Crippen LogP contribution is 2.33. The van der Waals surface area contributed by atoms with E-state index in [1.807, 2.05) is 30.3 Å². The summed E-state index contributed by atoms with van der Waals surface area (Å²) in [5.74, 6) is -0.213. The number of carbonyl (C=O) groups excluding carboxylic acids is 1. The number of sulfonamides is 1. The van der Waals surface area contributed by atoms with Crippen LogP contribution in [0.2, 0.25) is 0 Å². The second kappa shape index (κ2) is 8.50. The van der Waals surface area contributed by atoms with Crippen LogP contribution in [0.1, 0.15) is 16.4 Å². The van der Waals surface area contributed by atoms with Gasteiger partial charge in [0.2, 0.25) is 21.1 Å². The molecule has 0 bridgehead atoms. The Kier molecular flexibility index (Phi) is 6.07. The van der Waals surface area contributed by atoms with Crippen LogP contribution < -0.4 is 10.5 Å². The van der Waals surface area contributed by atoms with Gasteiger partial charge < -0.3 is 5.32 Å². The summed E-state index contributed by atoms with van der Waals surface area (Å²) >= 11 is 1.24. The summed E-state index contributed by atoms with van der Waals surface area (Å²) in [7, 11) is -2.04. The first-order chi connectivity index (χ1) is 13.3. The minimum Gasteiger partial charge on any atom is -0.351 e. The molecule has 0 aliphatic carbocycles. The van der Waals surface area contributed by atoms with E-state index < -0.39 is 15.3 Å². The molecule has 0 aliphatic heterocycles. The summed E-state index contributed by atoms with van der Waals surface area (Å²) in [4.78, 5) is 12.9. The number of thioether (sulfide) groups is 1. The predicted molar refractivity (Wildman–Crippen MR) is 103 cm³/mol. The lowest BCUT2D eigenvalue weighted by Gasteiger charge is -2.16. The zero-order valence-corrected chi connectivity index (χ0v) is 16.5. The highest BCUT2D eigenvalue weighted by Gasteiger charge is 2.24. The Morgan fingerprint density at radius 1 is 1.18 bits per heavy atom. The molecule has 0 radical (unpaired) electrons. The number of aryl methyl sites for hydroxylation is 1. The number of primary sulfonamides is 1. The third kappa shape index (κ3) is 4.94. The van der Waals surface area contributed by atoms with Crippen molar-refractivity contribution in [3.8, 4) is 0 Å². The van der Waals surface area contributed by atoms with Gasteiger partial charge >= 0.3 is 0 Å². The molecular weight excluding hydrogens is 400 g/mol.